The molecule has 0 amide bonds. The van der Waals surface area contributed by atoms with Crippen molar-refractivity contribution in [3.05, 3.63) is 178 Å². The first-order valence-electron chi connectivity index (χ1n) is 24.4. The van der Waals surface area contributed by atoms with Crippen LogP contribution in [0.25, 0.3) is 0 Å². The summed E-state index contributed by atoms with van der Waals surface area (Å²) >= 11 is 0. The second-order valence-corrected chi connectivity index (χ2v) is 23.2. The third kappa shape index (κ3) is 7.01. The van der Waals surface area contributed by atoms with Crippen LogP contribution in [0.15, 0.2) is 133 Å². The number of para-hydroxylation sites is 3. The molecule has 7 aromatic rings. The van der Waals surface area contributed by atoms with Crippen LogP contribution in [0, 0.1) is 27.7 Å². The number of hydrogen-bond acceptors (Lipinski definition) is 3. The van der Waals surface area contributed by atoms with E-state index in [9.17, 15) is 0 Å². The van der Waals surface area contributed by atoms with Gasteiger partial charge >= 0.3 is 0 Å². The van der Waals surface area contributed by atoms with Crippen LogP contribution < -0.4 is 31.1 Å². The van der Waals surface area contributed by atoms with Crippen molar-refractivity contribution in [2.24, 2.45) is 0 Å². The molecule has 0 unspecified atom stereocenters. The summed E-state index contributed by atoms with van der Waals surface area (Å²) in [4.78, 5) is 7.79. The molecule has 2 heterocycles. The Bertz CT molecular complexity index is 2970. The molecule has 0 atom stereocenters. The predicted octanol–water partition coefficient (Wildman–Crippen LogP) is 15.4. The predicted molar refractivity (Wildman–Crippen MR) is 287 cm³/mol. The molecular formula is C62H68BN3. The third-order valence-corrected chi connectivity index (χ3v) is 15.4. The molecule has 3 nitrogen and oxygen atoms in total. The van der Waals surface area contributed by atoms with E-state index < -0.39 is 0 Å². The van der Waals surface area contributed by atoms with Crippen LogP contribution in [0.4, 0.5) is 51.2 Å². The highest BCUT2D eigenvalue weighted by atomic mass is 15.2. The molecule has 0 spiro atoms. The Morgan fingerprint density at radius 3 is 1.39 bits per heavy atom. The zero-order valence-electron chi connectivity index (χ0n) is 42.0. The van der Waals surface area contributed by atoms with Gasteiger partial charge in [0.2, 0.25) is 0 Å². The minimum absolute atomic E-state index is 0.00222. The van der Waals surface area contributed by atoms with Gasteiger partial charge in [0.05, 0.1) is 11.4 Å². The largest absolute Gasteiger partial charge is 0.311 e. The zero-order valence-corrected chi connectivity index (χ0v) is 42.0. The second-order valence-electron chi connectivity index (χ2n) is 23.2. The van der Waals surface area contributed by atoms with Crippen LogP contribution >= 0.6 is 0 Å². The first kappa shape index (κ1) is 43.9. The number of aryl methyl sites for hydroxylation is 4. The van der Waals surface area contributed by atoms with E-state index in [1.807, 2.05) is 0 Å². The summed E-state index contributed by atoms with van der Waals surface area (Å²) in [6, 6.07) is 51.2. The van der Waals surface area contributed by atoms with E-state index in [0.29, 0.717) is 0 Å². The quantitative estimate of drug-likeness (QED) is 0.160. The number of hydrogen-bond donors (Lipinski definition) is 0. The van der Waals surface area contributed by atoms with Crippen molar-refractivity contribution in [2.75, 3.05) is 14.7 Å². The van der Waals surface area contributed by atoms with Gasteiger partial charge in [0.25, 0.3) is 6.71 Å². The van der Waals surface area contributed by atoms with Gasteiger partial charge < -0.3 is 14.7 Å². The van der Waals surface area contributed by atoms with Crippen molar-refractivity contribution < 1.29 is 0 Å². The Hall–Kier alpha value is -6.00. The lowest BCUT2D eigenvalue weighted by atomic mass is 9.33. The zero-order chi connectivity index (χ0) is 46.8. The van der Waals surface area contributed by atoms with E-state index in [-0.39, 0.29) is 28.4 Å². The number of fused-ring (bicyclic) bond motifs is 5. The lowest BCUT2D eigenvalue weighted by molar-refractivity contribution is 0.332. The maximum atomic E-state index is 2.69. The van der Waals surface area contributed by atoms with Crippen molar-refractivity contribution in [1.82, 2.24) is 0 Å². The third-order valence-electron chi connectivity index (χ3n) is 15.4. The van der Waals surface area contributed by atoms with Crippen molar-refractivity contribution >= 4 is 74.3 Å². The first-order valence-corrected chi connectivity index (χ1v) is 24.4. The van der Waals surface area contributed by atoms with Gasteiger partial charge in [-0.05, 0) is 178 Å². The normalized spacial score (nSPS) is 15.8. The van der Waals surface area contributed by atoms with Gasteiger partial charge in [0.15, 0.2) is 0 Å². The molecule has 0 saturated carbocycles. The van der Waals surface area contributed by atoms with Crippen LogP contribution in [0.2, 0.25) is 0 Å². The first-order chi connectivity index (χ1) is 31.2. The second kappa shape index (κ2) is 15.3. The molecule has 10 rings (SSSR count). The summed E-state index contributed by atoms with van der Waals surface area (Å²) in [5, 5.41) is 0. The maximum absolute atomic E-state index is 2.69. The molecule has 0 radical (unpaired) electrons. The average molecular weight is 866 g/mol. The number of rotatable bonds is 5. The van der Waals surface area contributed by atoms with Crippen LogP contribution in [0.5, 0.6) is 0 Å². The van der Waals surface area contributed by atoms with Gasteiger partial charge in [0.1, 0.15) is 0 Å². The lowest BCUT2D eigenvalue weighted by Crippen LogP contribution is -2.62. The number of anilines is 9. The number of nitrogens with zero attached hydrogens (tertiary/aromatic N) is 3. The Balaban J connectivity index is 1.37. The maximum Gasteiger partial charge on any atom is 0.252 e. The summed E-state index contributed by atoms with van der Waals surface area (Å²) in [6.07, 6.45) is 2.33. The summed E-state index contributed by atoms with van der Waals surface area (Å²) in [5.41, 5.74) is 26.0. The van der Waals surface area contributed by atoms with Gasteiger partial charge in [-0.3, -0.25) is 0 Å². The topological polar surface area (TPSA) is 9.72 Å². The monoisotopic (exact) mass is 866 g/mol. The fourth-order valence-electron chi connectivity index (χ4n) is 11.6. The molecule has 0 N–H and O–H groups in total. The van der Waals surface area contributed by atoms with Gasteiger partial charge in [-0.25, -0.2) is 0 Å². The lowest BCUT2D eigenvalue weighted by Gasteiger charge is -2.48. The minimum atomic E-state index is -0.124. The molecule has 0 fully saturated rings. The Labute approximate surface area is 396 Å². The van der Waals surface area contributed by atoms with Crippen LogP contribution in [-0.4, -0.2) is 6.71 Å². The fraction of sp³-hybridized carbons (Fsp3) is 0.323. The van der Waals surface area contributed by atoms with Crippen molar-refractivity contribution in [2.45, 2.75) is 131 Å². The summed E-state index contributed by atoms with van der Waals surface area (Å²) in [5.74, 6) is 0. The Kier molecular flexibility index (Phi) is 10.2. The summed E-state index contributed by atoms with van der Waals surface area (Å²) < 4.78 is 0. The number of benzene rings is 7. The fourth-order valence-corrected chi connectivity index (χ4v) is 11.6. The van der Waals surface area contributed by atoms with Crippen LogP contribution in [0.3, 0.4) is 0 Å². The van der Waals surface area contributed by atoms with E-state index in [0.717, 1.165) is 17.1 Å². The van der Waals surface area contributed by atoms with Crippen molar-refractivity contribution in [3.8, 4) is 0 Å². The molecule has 334 valence electrons. The van der Waals surface area contributed by atoms with Crippen LogP contribution in [-0.2, 0) is 21.7 Å². The molecule has 1 aliphatic carbocycles. The van der Waals surface area contributed by atoms with E-state index in [1.165, 1.54) is 108 Å². The van der Waals surface area contributed by atoms with E-state index >= 15 is 0 Å². The average Bonchev–Trinajstić information content (AvgIpc) is 3.26. The molecule has 66 heavy (non-hydrogen) atoms. The molecule has 0 saturated heterocycles. The van der Waals surface area contributed by atoms with Crippen LogP contribution in [0.1, 0.15) is 127 Å². The Morgan fingerprint density at radius 1 is 0.439 bits per heavy atom. The highest BCUT2D eigenvalue weighted by molar-refractivity contribution is 7.00. The highest BCUT2D eigenvalue weighted by Gasteiger charge is 2.47. The van der Waals surface area contributed by atoms with Gasteiger partial charge in [-0.2, -0.15) is 0 Å². The van der Waals surface area contributed by atoms with Gasteiger partial charge in [-0.15, -0.1) is 0 Å². The van der Waals surface area contributed by atoms with E-state index in [2.05, 4.69) is 245 Å². The SMILES string of the molecule is Cc1cc(C(C)(C)C)cc(C)c1N1c2cc(N(c3ccccc3)c3ccccc3)ccc2B2c3cc4c(cc3N(c3c(C)cccc3C)c3cc(C(C)(C)C)cc1c32)C(C)(C)CCC4(C)C. The van der Waals surface area contributed by atoms with E-state index in [1.54, 1.807) is 0 Å². The van der Waals surface area contributed by atoms with Crippen molar-refractivity contribution in [3.63, 3.8) is 0 Å². The van der Waals surface area contributed by atoms with E-state index in [4.69, 9.17) is 0 Å². The van der Waals surface area contributed by atoms with Gasteiger partial charge in [-0.1, -0.05) is 148 Å². The molecule has 0 bridgehead atoms. The Morgan fingerprint density at radius 2 is 0.894 bits per heavy atom. The minimum Gasteiger partial charge on any atom is -0.311 e. The van der Waals surface area contributed by atoms with Gasteiger partial charge in [0, 0.05) is 39.8 Å². The van der Waals surface area contributed by atoms with Crippen molar-refractivity contribution in [1.29, 1.82) is 0 Å². The molecule has 0 aromatic heterocycles. The standard InChI is InChI=1S/C62H68BN3/c1-39-22-21-23-40(2)57(39)66-53-38-49-48(61(11,12)30-31-62(49,13)14)37-51(53)63-50-29-28-47(64(45-24-17-15-18-25-45)46-26-19-16-20-27-46)36-52(50)65(54-34-44(60(8,9)10)35-55(66)56(54)63)58-41(3)32-43(33-42(58)4)59(5,6)7/h15-29,32-38H,30-31H2,1-14H3. The molecular weight excluding hydrogens is 798 g/mol. The molecule has 7 aromatic carbocycles. The smallest absolute Gasteiger partial charge is 0.252 e. The molecule has 2 aliphatic heterocycles. The summed E-state index contributed by atoms with van der Waals surface area (Å²) in [6.45, 7) is 33.3. The molecule has 4 heteroatoms. The summed E-state index contributed by atoms with van der Waals surface area (Å²) in [7, 11) is 0. The molecule has 3 aliphatic rings. The highest BCUT2D eigenvalue weighted by Crippen LogP contribution is 2.53.